The molecule has 0 radical (unpaired) electrons. The molecule has 1 aromatic rings. The minimum Gasteiger partial charge on any atom is -0.305 e. The lowest BCUT2D eigenvalue weighted by atomic mass is 9.83. The molecule has 0 fully saturated rings. The van der Waals surface area contributed by atoms with E-state index in [2.05, 4.69) is 45.7 Å². The van der Waals surface area contributed by atoms with Crippen molar-refractivity contribution in [3.8, 4) is 0 Å². The molecular weight excluding hydrogens is 358 g/mol. The molecule has 96 valence electrons. The first kappa shape index (κ1) is 13.8. The van der Waals surface area contributed by atoms with Gasteiger partial charge in [0.2, 0.25) is 5.91 Å². The predicted molar refractivity (Wildman–Crippen MR) is 83.3 cm³/mol. The SMILES string of the molecule is CC(=O)N1c2ccccc2C(=CBr)C(Br)C1(C)C. The van der Waals surface area contributed by atoms with Crippen LogP contribution >= 0.6 is 31.9 Å². The summed E-state index contributed by atoms with van der Waals surface area (Å²) in [5, 5.41) is 0. The predicted octanol–water partition coefficient (Wildman–Crippen LogP) is 4.33. The van der Waals surface area contributed by atoms with Crippen LogP contribution < -0.4 is 4.90 Å². The molecule has 0 bridgehead atoms. The van der Waals surface area contributed by atoms with Crippen molar-refractivity contribution in [1.82, 2.24) is 0 Å². The van der Waals surface area contributed by atoms with Gasteiger partial charge >= 0.3 is 0 Å². The molecule has 0 saturated heterocycles. The number of anilines is 1. The Morgan fingerprint density at radius 3 is 2.56 bits per heavy atom. The highest BCUT2D eigenvalue weighted by atomic mass is 79.9. The standard InChI is InChI=1S/C14H15Br2NO/c1-9(18)17-12-7-5-4-6-10(12)11(8-15)13(16)14(17,2)3/h4-8,13H,1-3H3. The molecule has 18 heavy (non-hydrogen) atoms. The average molecular weight is 373 g/mol. The van der Waals surface area contributed by atoms with Gasteiger partial charge in [-0.25, -0.2) is 0 Å². The number of nitrogens with zero attached hydrogens (tertiary/aromatic N) is 1. The van der Waals surface area contributed by atoms with Gasteiger partial charge in [-0.15, -0.1) is 0 Å². The molecule has 2 rings (SSSR count). The fraction of sp³-hybridized carbons (Fsp3) is 0.357. The topological polar surface area (TPSA) is 20.3 Å². The molecular formula is C14H15Br2NO. The molecule has 1 amide bonds. The molecule has 4 heteroatoms. The van der Waals surface area contributed by atoms with Gasteiger partial charge in [0.1, 0.15) is 0 Å². The van der Waals surface area contributed by atoms with Crippen LogP contribution in [0.5, 0.6) is 0 Å². The van der Waals surface area contributed by atoms with Gasteiger partial charge in [-0.2, -0.15) is 0 Å². The first-order valence-electron chi connectivity index (χ1n) is 5.75. The van der Waals surface area contributed by atoms with Crippen molar-refractivity contribution in [3.05, 3.63) is 34.8 Å². The van der Waals surface area contributed by atoms with Gasteiger partial charge in [0.15, 0.2) is 0 Å². The monoisotopic (exact) mass is 371 g/mol. The third kappa shape index (κ3) is 1.95. The van der Waals surface area contributed by atoms with Crippen molar-refractivity contribution >= 4 is 49.0 Å². The lowest BCUT2D eigenvalue weighted by molar-refractivity contribution is -0.117. The Morgan fingerprint density at radius 2 is 2.00 bits per heavy atom. The van der Waals surface area contributed by atoms with Crippen LogP contribution in [0.4, 0.5) is 5.69 Å². The quantitative estimate of drug-likeness (QED) is 0.620. The molecule has 1 aliphatic rings. The van der Waals surface area contributed by atoms with Gasteiger partial charge in [0, 0.05) is 12.5 Å². The highest BCUT2D eigenvalue weighted by molar-refractivity contribution is 9.11. The first-order valence-corrected chi connectivity index (χ1v) is 7.59. The number of para-hydroxylation sites is 1. The summed E-state index contributed by atoms with van der Waals surface area (Å²) in [4.78, 5) is 15.9. The number of carbonyl (C=O) groups is 1. The molecule has 1 unspecified atom stereocenters. The van der Waals surface area contributed by atoms with E-state index in [0.717, 1.165) is 16.8 Å². The van der Waals surface area contributed by atoms with Crippen LogP contribution in [-0.4, -0.2) is 16.3 Å². The Balaban J connectivity index is 2.73. The van der Waals surface area contributed by atoms with E-state index in [1.807, 2.05) is 34.2 Å². The van der Waals surface area contributed by atoms with Crippen molar-refractivity contribution in [2.45, 2.75) is 31.1 Å². The van der Waals surface area contributed by atoms with E-state index in [1.165, 1.54) is 0 Å². The number of hydrogen-bond acceptors (Lipinski definition) is 1. The van der Waals surface area contributed by atoms with Gasteiger partial charge in [-0.1, -0.05) is 50.1 Å². The molecule has 2 nitrogen and oxygen atoms in total. The fourth-order valence-electron chi connectivity index (χ4n) is 2.54. The van der Waals surface area contributed by atoms with Gasteiger partial charge in [-0.05, 0) is 30.5 Å². The van der Waals surface area contributed by atoms with Gasteiger partial charge in [0.05, 0.1) is 16.1 Å². The van der Waals surface area contributed by atoms with E-state index in [1.54, 1.807) is 6.92 Å². The molecule has 0 aromatic heterocycles. The largest absolute Gasteiger partial charge is 0.305 e. The van der Waals surface area contributed by atoms with E-state index >= 15 is 0 Å². The van der Waals surface area contributed by atoms with Gasteiger partial charge < -0.3 is 4.90 Å². The summed E-state index contributed by atoms with van der Waals surface area (Å²) in [6, 6.07) is 7.99. The number of hydrogen-bond donors (Lipinski definition) is 0. The zero-order valence-corrected chi connectivity index (χ0v) is 13.7. The van der Waals surface area contributed by atoms with E-state index in [-0.39, 0.29) is 16.3 Å². The van der Waals surface area contributed by atoms with Crippen molar-refractivity contribution in [3.63, 3.8) is 0 Å². The Hall–Kier alpha value is -0.610. The highest BCUT2D eigenvalue weighted by Gasteiger charge is 2.44. The van der Waals surface area contributed by atoms with Crippen LogP contribution in [0.1, 0.15) is 26.3 Å². The molecule has 0 aliphatic carbocycles. The summed E-state index contributed by atoms with van der Waals surface area (Å²) in [6.45, 7) is 5.75. The summed E-state index contributed by atoms with van der Waals surface area (Å²) in [7, 11) is 0. The maximum Gasteiger partial charge on any atom is 0.224 e. The Bertz CT molecular complexity index is 522. The lowest BCUT2D eigenvalue weighted by Gasteiger charge is -2.47. The number of rotatable bonds is 0. The summed E-state index contributed by atoms with van der Waals surface area (Å²) in [6.07, 6.45) is 0. The molecule has 0 N–H and O–H groups in total. The van der Waals surface area contributed by atoms with Crippen LogP contribution in [0.2, 0.25) is 0 Å². The Labute approximate surface area is 124 Å². The summed E-state index contributed by atoms with van der Waals surface area (Å²) >= 11 is 7.16. The summed E-state index contributed by atoms with van der Waals surface area (Å²) < 4.78 is 0. The summed E-state index contributed by atoms with van der Waals surface area (Å²) in [5.74, 6) is 0.0607. The second-order valence-electron chi connectivity index (χ2n) is 4.95. The minimum absolute atomic E-state index is 0.0607. The zero-order valence-electron chi connectivity index (χ0n) is 10.6. The van der Waals surface area contributed by atoms with Crippen LogP contribution in [0.25, 0.3) is 5.57 Å². The molecule has 0 saturated carbocycles. The fourth-order valence-corrected chi connectivity index (χ4v) is 3.99. The highest BCUT2D eigenvalue weighted by Crippen LogP contribution is 2.46. The first-order chi connectivity index (χ1) is 8.41. The number of alkyl halides is 1. The maximum absolute atomic E-state index is 12.0. The number of halogens is 2. The minimum atomic E-state index is -0.306. The van der Waals surface area contributed by atoms with Crippen LogP contribution in [0.3, 0.4) is 0 Å². The molecule has 1 atom stereocenters. The van der Waals surface area contributed by atoms with Crippen molar-refractivity contribution in [2.75, 3.05) is 4.90 Å². The Morgan fingerprint density at radius 1 is 1.39 bits per heavy atom. The smallest absolute Gasteiger partial charge is 0.224 e. The molecule has 1 aromatic carbocycles. The van der Waals surface area contributed by atoms with Crippen molar-refractivity contribution in [1.29, 1.82) is 0 Å². The zero-order chi connectivity index (χ0) is 13.5. The van der Waals surface area contributed by atoms with Crippen LogP contribution in [0, 0.1) is 0 Å². The maximum atomic E-state index is 12.0. The van der Waals surface area contributed by atoms with Gasteiger partial charge in [-0.3, -0.25) is 4.79 Å². The van der Waals surface area contributed by atoms with Crippen molar-refractivity contribution in [2.24, 2.45) is 0 Å². The van der Waals surface area contributed by atoms with Crippen LogP contribution in [-0.2, 0) is 4.79 Å². The van der Waals surface area contributed by atoms with Gasteiger partial charge in [0.25, 0.3) is 0 Å². The second-order valence-corrected chi connectivity index (χ2v) is 6.33. The average Bonchev–Trinajstić information content (AvgIpc) is 2.30. The lowest BCUT2D eigenvalue weighted by Crippen LogP contribution is -2.55. The van der Waals surface area contributed by atoms with E-state index in [4.69, 9.17) is 0 Å². The van der Waals surface area contributed by atoms with E-state index in [0.29, 0.717) is 0 Å². The number of amides is 1. The molecule has 1 aliphatic heterocycles. The van der Waals surface area contributed by atoms with Crippen molar-refractivity contribution < 1.29 is 4.79 Å². The second kappa shape index (κ2) is 4.82. The van der Waals surface area contributed by atoms with E-state index < -0.39 is 0 Å². The number of carbonyl (C=O) groups excluding carboxylic acids is 1. The summed E-state index contributed by atoms with van der Waals surface area (Å²) in [5.41, 5.74) is 2.91. The third-order valence-corrected chi connectivity index (χ3v) is 5.46. The Kier molecular flexibility index (Phi) is 3.70. The number of benzene rings is 1. The third-order valence-electron chi connectivity index (χ3n) is 3.36. The number of fused-ring (bicyclic) bond motifs is 1. The molecule has 1 heterocycles. The normalized spacial score (nSPS) is 23.9. The van der Waals surface area contributed by atoms with Crippen LogP contribution in [0.15, 0.2) is 29.3 Å². The molecule has 0 spiro atoms. The van der Waals surface area contributed by atoms with E-state index in [9.17, 15) is 4.79 Å².